The van der Waals surface area contributed by atoms with Crippen LogP contribution in [-0.2, 0) is 4.74 Å². The lowest BCUT2D eigenvalue weighted by Gasteiger charge is -1.99. The Kier molecular flexibility index (Phi) is 2.96. The molecule has 1 atom stereocenters. The standard InChI is InChI=1S/C11H15NO4/c1-6(2)8-9(11(13)14)16-10(12-8)7-3-4-15-5-7/h6-7H,3-5H2,1-2H3,(H,13,14)/t7-/m0/s1. The Labute approximate surface area is 93.4 Å². The van der Waals surface area contributed by atoms with Gasteiger partial charge < -0.3 is 14.3 Å². The van der Waals surface area contributed by atoms with Gasteiger partial charge in [0.05, 0.1) is 18.2 Å². The molecule has 16 heavy (non-hydrogen) atoms. The molecule has 0 bridgehead atoms. The van der Waals surface area contributed by atoms with Gasteiger partial charge in [0.1, 0.15) is 0 Å². The van der Waals surface area contributed by atoms with Crippen LogP contribution in [0, 0.1) is 0 Å². The zero-order valence-electron chi connectivity index (χ0n) is 9.40. The SMILES string of the molecule is CC(C)c1nc([C@H]2CCOC2)oc1C(=O)O. The molecular formula is C11H15NO4. The average molecular weight is 225 g/mol. The van der Waals surface area contributed by atoms with Crippen LogP contribution in [0.1, 0.15) is 54.2 Å². The molecule has 1 aliphatic heterocycles. The van der Waals surface area contributed by atoms with Gasteiger partial charge in [0, 0.05) is 6.61 Å². The first-order valence-electron chi connectivity index (χ1n) is 5.41. The normalized spacial score (nSPS) is 20.6. The molecule has 1 fully saturated rings. The molecular weight excluding hydrogens is 210 g/mol. The summed E-state index contributed by atoms with van der Waals surface area (Å²) in [5.74, 6) is -0.437. The number of carbonyl (C=O) groups is 1. The number of nitrogens with zero attached hydrogens (tertiary/aromatic N) is 1. The van der Waals surface area contributed by atoms with Gasteiger partial charge in [-0.2, -0.15) is 0 Å². The van der Waals surface area contributed by atoms with Crippen LogP contribution in [0.5, 0.6) is 0 Å². The number of oxazole rings is 1. The summed E-state index contributed by atoms with van der Waals surface area (Å²) in [6.07, 6.45) is 0.844. The quantitative estimate of drug-likeness (QED) is 0.851. The van der Waals surface area contributed by atoms with Crippen LogP contribution < -0.4 is 0 Å². The van der Waals surface area contributed by atoms with Gasteiger partial charge in [0.25, 0.3) is 0 Å². The number of aromatic nitrogens is 1. The number of hydrogen-bond acceptors (Lipinski definition) is 4. The molecule has 0 saturated carbocycles. The van der Waals surface area contributed by atoms with Crippen molar-refractivity contribution in [3.05, 3.63) is 17.3 Å². The molecule has 1 aromatic heterocycles. The van der Waals surface area contributed by atoms with Crippen LogP contribution in [0.15, 0.2) is 4.42 Å². The summed E-state index contributed by atoms with van der Waals surface area (Å²) in [5.41, 5.74) is 0.523. The highest BCUT2D eigenvalue weighted by Crippen LogP contribution is 2.29. The van der Waals surface area contributed by atoms with Crippen molar-refractivity contribution in [2.45, 2.75) is 32.1 Å². The smallest absolute Gasteiger partial charge is 0.373 e. The number of hydrogen-bond donors (Lipinski definition) is 1. The van der Waals surface area contributed by atoms with Crippen molar-refractivity contribution in [3.8, 4) is 0 Å². The lowest BCUT2D eigenvalue weighted by molar-refractivity contribution is 0.0657. The van der Waals surface area contributed by atoms with E-state index in [1.807, 2.05) is 13.8 Å². The van der Waals surface area contributed by atoms with E-state index >= 15 is 0 Å². The molecule has 2 heterocycles. The lowest BCUT2D eigenvalue weighted by atomic mass is 10.1. The molecule has 1 aliphatic rings. The third kappa shape index (κ3) is 1.95. The van der Waals surface area contributed by atoms with Crippen molar-refractivity contribution in [1.82, 2.24) is 4.98 Å². The molecule has 1 N–H and O–H groups in total. The monoisotopic (exact) mass is 225 g/mol. The molecule has 1 saturated heterocycles. The summed E-state index contributed by atoms with van der Waals surface area (Å²) in [6, 6.07) is 0. The number of ether oxygens (including phenoxy) is 1. The molecule has 0 unspecified atom stereocenters. The number of carboxylic acids is 1. The molecule has 0 aromatic carbocycles. The number of aromatic carboxylic acids is 1. The summed E-state index contributed by atoms with van der Waals surface area (Å²) in [4.78, 5) is 15.3. The Balaban J connectivity index is 2.34. The Morgan fingerprint density at radius 2 is 2.31 bits per heavy atom. The van der Waals surface area contributed by atoms with Crippen molar-refractivity contribution < 1.29 is 19.1 Å². The minimum atomic E-state index is -1.05. The highest BCUT2D eigenvalue weighted by Gasteiger charge is 2.28. The van der Waals surface area contributed by atoms with E-state index in [0.29, 0.717) is 24.8 Å². The molecule has 0 aliphatic carbocycles. The molecule has 0 amide bonds. The zero-order chi connectivity index (χ0) is 11.7. The highest BCUT2D eigenvalue weighted by atomic mass is 16.5. The fraction of sp³-hybridized carbons (Fsp3) is 0.636. The first kappa shape index (κ1) is 11.1. The van der Waals surface area contributed by atoms with Gasteiger partial charge in [0.15, 0.2) is 0 Å². The van der Waals surface area contributed by atoms with E-state index in [9.17, 15) is 4.79 Å². The topological polar surface area (TPSA) is 72.6 Å². The lowest BCUT2D eigenvalue weighted by Crippen LogP contribution is -2.01. The maximum Gasteiger partial charge on any atom is 0.373 e. The maximum absolute atomic E-state index is 11.0. The van der Waals surface area contributed by atoms with Gasteiger partial charge in [0.2, 0.25) is 11.7 Å². The summed E-state index contributed by atoms with van der Waals surface area (Å²) < 4.78 is 10.6. The van der Waals surface area contributed by atoms with Gasteiger partial charge >= 0.3 is 5.97 Å². The summed E-state index contributed by atoms with van der Waals surface area (Å²) in [6.45, 7) is 5.06. The summed E-state index contributed by atoms with van der Waals surface area (Å²) in [7, 11) is 0. The predicted molar refractivity (Wildman–Crippen MR) is 55.7 cm³/mol. The summed E-state index contributed by atoms with van der Waals surface area (Å²) in [5, 5.41) is 9.01. The van der Waals surface area contributed by atoms with E-state index in [1.165, 1.54) is 0 Å². The molecule has 88 valence electrons. The van der Waals surface area contributed by atoms with Crippen LogP contribution in [0.3, 0.4) is 0 Å². The molecule has 5 nitrogen and oxygen atoms in total. The van der Waals surface area contributed by atoms with Crippen LogP contribution in [0.4, 0.5) is 0 Å². The van der Waals surface area contributed by atoms with Gasteiger partial charge in [-0.25, -0.2) is 9.78 Å². The second-order valence-electron chi connectivity index (χ2n) is 4.29. The van der Waals surface area contributed by atoms with Gasteiger partial charge in [-0.3, -0.25) is 0 Å². The molecule has 0 spiro atoms. The Morgan fingerprint density at radius 3 is 2.75 bits per heavy atom. The number of carboxylic acid groups (broad SMARTS) is 1. The second kappa shape index (κ2) is 4.25. The van der Waals surface area contributed by atoms with E-state index < -0.39 is 5.97 Å². The van der Waals surface area contributed by atoms with Gasteiger partial charge in [-0.1, -0.05) is 13.8 Å². The molecule has 5 heteroatoms. The molecule has 0 radical (unpaired) electrons. The molecule has 2 rings (SSSR count). The first-order chi connectivity index (χ1) is 7.59. The van der Waals surface area contributed by atoms with Crippen LogP contribution in [0.25, 0.3) is 0 Å². The van der Waals surface area contributed by atoms with E-state index in [1.54, 1.807) is 0 Å². The van der Waals surface area contributed by atoms with Crippen molar-refractivity contribution in [2.75, 3.05) is 13.2 Å². The van der Waals surface area contributed by atoms with Crippen LogP contribution >= 0.6 is 0 Å². The molecule has 1 aromatic rings. The first-order valence-corrected chi connectivity index (χ1v) is 5.41. The minimum absolute atomic E-state index is 0.0306. The van der Waals surface area contributed by atoms with E-state index in [0.717, 1.165) is 6.42 Å². The predicted octanol–water partition coefficient (Wildman–Crippen LogP) is 2.00. The Bertz CT molecular complexity index is 391. The Hall–Kier alpha value is -1.36. The third-order valence-electron chi connectivity index (χ3n) is 2.69. The van der Waals surface area contributed by atoms with Gasteiger partial charge in [-0.05, 0) is 12.3 Å². The van der Waals surface area contributed by atoms with Crippen molar-refractivity contribution >= 4 is 5.97 Å². The van der Waals surface area contributed by atoms with Gasteiger partial charge in [-0.15, -0.1) is 0 Å². The minimum Gasteiger partial charge on any atom is -0.475 e. The number of rotatable bonds is 3. The zero-order valence-corrected chi connectivity index (χ0v) is 9.40. The van der Waals surface area contributed by atoms with Crippen molar-refractivity contribution in [2.24, 2.45) is 0 Å². The van der Waals surface area contributed by atoms with Crippen LogP contribution in [-0.4, -0.2) is 29.3 Å². The van der Waals surface area contributed by atoms with Crippen molar-refractivity contribution in [3.63, 3.8) is 0 Å². The fourth-order valence-electron chi connectivity index (χ4n) is 1.80. The maximum atomic E-state index is 11.0. The van der Waals surface area contributed by atoms with Crippen LogP contribution in [0.2, 0.25) is 0 Å². The van der Waals surface area contributed by atoms with E-state index in [4.69, 9.17) is 14.3 Å². The third-order valence-corrected chi connectivity index (χ3v) is 2.69. The van der Waals surface area contributed by atoms with E-state index in [2.05, 4.69) is 4.98 Å². The Morgan fingerprint density at radius 1 is 1.56 bits per heavy atom. The van der Waals surface area contributed by atoms with Crippen molar-refractivity contribution in [1.29, 1.82) is 0 Å². The average Bonchev–Trinajstić information content (AvgIpc) is 2.86. The second-order valence-corrected chi connectivity index (χ2v) is 4.29. The largest absolute Gasteiger partial charge is 0.475 e. The fourth-order valence-corrected chi connectivity index (χ4v) is 1.80. The summed E-state index contributed by atoms with van der Waals surface area (Å²) >= 11 is 0. The van der Waals surface area contributed by atoms with E-state index in [-0.39, 0.29) is 17.6 Å². The highest BCUT2D eigenvalue weighted by molar-refractivity contribution is 5.85.